The molecule has 0 unspecified atom stereocenters. The fourth-order valence-corrected chi connectivity index (χ4v) is 2.84. The lowest BCUT2D eigenvalue weighted by Gasteiger charge is -2.14. The summed E-state index contributed by atoms with van der Waals surface area (Å²) in [6.07, 6.45) is 0. The number of rotatable bonds is 3. The van der Waals surface area contributed by atoms with Crippen LogP contribution in [0.5, 0.6) is 5.75 Å². The molecule has 0 atom stereocenters. The van der Waals surface area contributed by atoms with E-state index in [2.05, 4.69) is 4.98 Å². The third-order valence-corrected chi connectivity index (χ3v) is 3.97. The van der Waals surface area contributed by atoms with Gasteiger partial charge >= 0.3 is 0 Å². The van der Waals surface area contributed by atoms with E-state index in [4.69, 9.17) is 4.74 Å². The predicted octanol–water partition coefficient (Wildman–Crippen LogP) is 2.74. The molecule has 1 amide bonds. The number of hydrogen-bond donors (Lipinski definition) is 0. The van der Waals surface area contributed by atoms with E-state index >= 15 is 0 Å². The fourth-order valence-electron chi connectivity index (χ4n) is 2.84. The first-order chi connectivity index (χ1) is 11.6. The number of halogens is 2. The Morgan fingerprint density at radius 3 is 2.83 bits per heavy atom. The first-order valence-electron chi connectivity index (χ1n) is 7.47. The lowest BCUT2D eigenvalue weighted by Crippen LogP contribution is -2.33. The van der Waals surface area contributed by atoms with Gasteiger partial charge in [0, 0.05) is 19.2 Å². The maximum atomic E-state index is 13.6. The Hall–Kier alpha value is -2.96. The molecule has 24 heavy (non-hydrogen) atoms. The number of nitrogens with zero attached hydrogens (tertiary/aromatic N) is 3. The van der Waals surface area contributed by atoms with Gasteiger partial charge in [-0.25, -0.2) is 13.8 Å². The molecule has 1 aromatic heterocycles. The van der Waals surface area contributed by atoms with E-state index < -0.39 is 11.6 Å². The molecule has 4 rings (SSSR count). The Morgan fingerprint density at radius 2 is 2.00 bits per heavy atom. The molecule has 1 aliphatic rings. The highest BCUT2D eigenvalue weighted by Crippen LogP contribution is 2.27. The van der Waals surface area contributed by atoms with Crippen molar-refractivity contribution in [3.8, 4) is 5.75 Å². The average molecular weight is 329 g/mol. The highest BCUT2D eigenvalue weighted by Gasteiger charge is 2.28. The quantitative estimate of drug-likeness (QED) is 0.742. The predicted molar refractivity (Wildman–Crippen MR) is 83.9 cm³/mol. The van der Waals surface area contributed by atoms with Gasteiger partial charge < -0.3 is 9.30 Å². The largest absolute Gasteiger partial charge is 0.481 e. The lowest BCUT2D eigenvalue weighted by molar-refractivity contribution is -0.120. The molecule has 0 N–H and O–H groups in total. The number of ether oxygens (including phenoxy) is 1. The molecule has 3 aromatic rings. The van der Waals surface area contributed by atoms with Gasteiger partial charge in [0.2, 0.25) is 5.95 Å². The van der Waals surface area contributed by atoms with Crippen LogP contribution >= 0.6 is 0 Å². The number of fused-ring (bicyclic) bond motifs is 3. The molecule has 2 aromatic carbocycles. The molecule has 0 radical (unpaired) electrons. The number of para-hydroxylation sites is 2. The van der Waals surface area contributed by atoms with Crippen LogP contribution in [0.3, 0.4) is 0 Å². The molecule has 2 heterocycles. The van der Waals surface area contributed by atoms with Crippen molar-refractivity contribution < 1.29 is 18.3 Å². The topological polar surface area (TPSA) is 47.4 Å². The number of amides is 1. The van der Waals surface area contributed by atoms with Crippen LogP contribution in [0.4, 0.5) is 14.7 Å². The van der Waals surface area contributed by atoms with Gasteiger partial charge in [-0.3, -0.25) is 9.69 Å². The first-order valence-corrected chi connectivity index (χ1v) is 7.47. The standard InChI is InChI=1S/C17H13F2N3O2/c18-11-5-6-15(12(19)9-11)24-10-16(23)22-8-7-21-14-4-2-1-3-13(14)20-17(21)22/h1-6,9H,7-8,10H2. The van der Waals surface area contributed by atoms with Crippen molar-refractivity contribution in [2.24, 2.45) is 0 Å². The number of hydrogen-bond acceptors (Lipinski definition) is 3. The maximum Gasteiger partial charge on any atom is 0.267 e. The molecule has 0 aliphatic carbocycles. The van der Waals surface area contributed by atoms with Crippen LogP contribution in [0.15, 0.2) is 42.5 Å². The van der Waals surface area contributed by atoms with Gasteiger partial charge in [-0.2, -0.15) is 0 Å². The van der Waals surface area contributed by atoms with Crippen molar-refractivity contribution in [1.29, 1.82) is 0 Å². The summed E-state index contributed by atoms with van der Waals surface area (Å²) in [6, 6.07) is 10.6. The van der Waals surface area contributed by atoms with Crippen molar-refractivity contribution in [2.75, 3.05) is 18.1 Å². The van der Waals surface area contributed by atoms with Crippen LogP contribution in [0.1, 0.15) is 0 Å². The van der Waals surface area contributed by atoms with E-state index in [1.54, 1.807) is 0 Å². The number of imidazole rings is 1. The van der Waals surface area contributed by atoms with Gasteiger partial charge in [-0.15, -0.1) is 0 Å². The zero-order valence-corrected chi connectivity index (χ0v) is 12.6. The van der Waals surface area contributed by atoms with Crippen LogP contribution in [0.2, 0.25) is 0 Å². The Kier molecular flexibility index (Phi) is 3.41. The van der Waals surface area contributed by atoms with Crippen molar-refractivity contribution in [2.45, 2.75) is 6.54 Å². The fraction of sp³-hybridized carbons (Fsp3) is 0.176. The lowest BCUT2D eigenvalue weighted by atomic mass is 10.3. The van der Waals surface area contributed by atoms with Crippen molar-refractivity contribution >= 4 is 22.9 Å². The van der Waals surface area contributed by atoms with Gasteiger partial charge in [-0.1, -0.05) is 12.1 Å². The summed E-state index contributed by atoms with van der Waals surface area (Å²) in [4.78, 5) is 18.4. The number of carbonyl (C=O) groups excluding carboxylic acids is 1. The minimum Gasteiger partial charge on any atom is -0.481 e. The summed E-state index contributed by atoms with van der Waals surface area (Å²) < 4.78 is 33.6. The smallest absolute Gasteiger partial charge is 0.267 e. The van der Waals surface area contributed by atoms with E-state index in [0.29, 0.717) is 19.0 Å². The van der Waals surface area contributed by atoms with Crippen LogP contribution in [-0.4, -0.2) is 28.6 Å². The SMILES string of the molecule is O=C(COc1ccc(F)cc1F)N1CCn2c1nc1ccccc12. The molecule has 0 spiro atoms. The zero-order chi connectivity index (χ0) is 16.7. The molecular formula is C17H13F2N3O2. The summed E-state index contributed by atoms with van der Waals surface area (Å²) in [5, 5.41) is 0. The third-order valence-electron chi connectivity index (χ3n) is 3.97. The number of benzene rings is 2. The average Bonchev–Trinajstić information content (AvgIpc) is 3.12. The molecule has 0 saturated heterocycles. The number of carbonyl (C=O) groups is 1. The number of aromatic nitrogens is 2. The first kappa shape index (κ1) is 14.6. The molecular weight excluding hydrogens is 316 g/mol. The summed E-state index contributed by atoms with van der Waals surface area (Å²) in [5.41, 5.74) is 1.78. The van der Waals surface area contributed by atoms with Crippen LogP contribution in [0, 0.1) is 11.6 Å². The minimum absolute atomic E-state index is 0.155. The summed E-state index contributed by atoms with van der Waals surface area (Å²) in [5.74, 6) is -1.45. The van der Waals surface area contributed by atoms with E-state index in [-0.39, 0.29) is 18.3 Å². The minimum atomic E-state index is -0.837. The third kappa shape index (κ3) is 2.38. The molecule has 0 saturated carbocycles. The molecule has 7 heteroatoms. The van der Waals surface area contributed by atoms with Gasteiger partial charge in [0.1, 0.15) is 5.82 Å². The van der Waals surface area contributed by atoms with Gasteiger partial charge in [0.05, 0.1) is 11.0 Å². The van der Waals surface area contributed by atoms with Crippen LogP contribution < -0.4 is 9.64 Å². The van der Waals surface area contributed by atoms with Crippen molar-refractivity contribution in [1.82, 2.24) is 9.55 Å². The van der Waals surface area contributed by atoms with Gasteiger partial charge in [0.25, 0.3) is 5.91 Å². The van der Waals surface area contributed by atoms with E-state index in [9.17, 15) is 13.6 Å². The van der Waals surface area contributed by atoms with E-state index in [0.717, 1.165) is 29.2 Å². The molecule has 0 fully saturated rings. The van der Waals surface area contributed by atoms with Crippen LogP contribution in [0.25, 0.3) is 11.0 Å². The highest BCUT2D eigenvalue weighted by molar-refractivity contribution is 5.95. The Labute approximate surface area is 136 Å². The second kappa shape index (κ2) is 5.59. The Balaban J connectivity index is 1.52. The van der Waals surface area contributed by atoms with E-state index in [1.807, 2.05) is 28.8 Å². The Morgan fingerprint density at radius 1 is 1.17 bits per heavy atom. The van der Waals surface area contributed by atoms with Crippen molar-refractivity contribution in [3.63, 3.8) is 0 Å². The Bertz CT molecular complexity index is 939. The highest BCUT2D eigenvalue weighted by atomic mass is 19.1. The second-order valence-electron chi connectivity index (χ2n) is 5.46. The molecule has 122 valence electrons. The molecule has 1 aliphatic heterocycles. The monoisotopic (exact) mass is 329 g/mol. The molecule has 0 bridgehead atoms. The van der Waals surface area contributed by atoms with Gasteiger partial charge in [0.15, 0.2) is 18.2 Å². The summed E-state index contributed by atoms with van der Waals surface area (Å²) in [6.45, 7) is 0.791. The summed E-state index contributed by atoms with van der Waals surface area (Å²) >= 11 is 0. The van der Waals surface area contributed by atoms with Crippen molar-refractivity contribution in [3.05, 3.63) is 54.1 Å². The van der Waals surface area contributed by atoms with Gasteiger partial charge in [-0.05, 0) is 24.3 Å². The normalized spacial score (nSPS) is 13.3. The van der Waals surface area contributed by atoms with E-state index in [1.165, 1.54) is 4.90 Å². The number of anilines is 1. The maximum absolute atomic E-state index is 13.6. The molecule has 5 nitrogen and oxygen atoms in total. The summed E-state index contributed by atoms with van der Waals surface area (Å²) in [7, 11) is 0. The van der Waals surface area contributed by atoms with Crippen LogP contribution in [-0.2, 0) is 11.3 Å². The zero-order valence-electron chi connectivity index (χ0n) is 12.6. The second-order valence-corrected chi connectivity index (χ2v) is 5.46.